The minimum Gasteiger partial charge on any atom is -0.495 e. The number of para-hydroxylation sites is 2. The summed E-state index contributed by atoms with van der Waals surface area (Å²) in [5.74, 6) is -0.294. The quantitative estimate of drug-likeness (QED) is 0.123. The van der Waals surface area contributed by atoms with Crippen LogP contribution < -0.4 is 14.4 Å². The first kappa shape index (κ1) is 26.6. The number of anilines is 1. The molecule has 13 heteroatoms. The zero-order valence-corrected chi connectivity index (χ0v) is 21.8. The lowest BCUT2D eigenvalue weighted by molar-refractivity contribution is -0.385. The number of thioether (sulfide) groups is 1. The van der Waals surface area contributed by atoms with E-state index < -0.39 is 34.0 Å². The van der Waals surface area contributed by atoms with Crippen molar-refractivity contribution in [2.45, 2.75) is 6.18 Å². The molecule has 0 N–H and O–H groups in total. The normalized spacial score (nSPS) is 14.8. The number of nitrogens with zero attached hydrogens (tertiary/aromatic N) is 2. The zero-order valence-electron chi connectivity index (χ0n) is 18.6. The molecule has 3 aromatic carbocycles. The first-order valence-corrected chi connectivity index (χ1v) is 12.3. The number of alkyl halides is 3. The lowest BCUT2D eigenvalue weighted by Gasteiger charge is -2.17. The van der Waals surface area contributed by atoms with E-state index in [2.05, 4.69) is 15.9 Å². The number of rotatable bonds is 6. The number of nitro groups is 1. The van der Waals surface area contributed by atoms with Crippen LogP contribution in [0.1, 0.15) is 11.1 Å². The van der Waals surface area contributed by atoms with Crippen molar-refractivity contribution in [3.05, 3.63) is 91.3 Å². The van der Waals surface area contributed by atoms with Gasteiger partial charge in [0.1, 0.15) is 11.5 Å². The molecule has 7 nitrogen and oxygen atoms in total. The molecular formula is C24H14BrF3N2O5S2. The van der Waals surface area contributed by atoms with Crippen LogP contribution in [0.2, 0.25) is 0 Å². The molecule has 1 aliphatic rings. The number of methoxy groups -OCH3 is 1. The van der Waals surface area contributed by atoms with Gasteiger partial charge in [-0.05, 0) is 48.5 Å². The zero-order chi connectivity index (χ0) is 26.9. The molecule has 0 saturated carbocycles. The highest BCUT2D eigenvalue weighted by molar-refractivity contribution is 9.10. The van der Waals surface area contributed by atoms with E-state index in [9.17, 15) is 28.1 Å². The summed E-state index contributed by atoms with van der Waals surface area (Å²) in [6.45, 7) is 0. The Kier molecular flexibility index (Phi) is 7.57. The second kappa shape index (κ2) is 10.5. The number of carbonyl (C=O) groups is 1. The maximum absolute atomic E-state index is 13.3. The van der Waals surface area contributed by atoms with E-state index in [-0.39, 0.29) is 15.0 Å². The SMILES string of the molecule is COc1ccccc1N1C(=O)/C(=C\c2cc(Br)ccc2Oc2ccc(C(F)(F)F)cc2[N+](=O)[O-])SC1=S. The Balaban J connectivity index is 1.72. The predicted molar refractivity (Wildman–Crippen MR) is 141 cm³/mol. The van der Waals surface area contributed by atoms with Crippen LogP contribution in [0.5, 0.6) is 17.2 Å². The van der Waals surface area contributed by atoms with Gasteiger partial charge in [-0.25, -0.2) is 0 Å². The molecule has 1 fully saturated rings. The number of carbonyl (C=O) groups excluding carboxylic acids is 1. The minimum absolute atomic E-state index is 0.0774. The van der Waals surface area contributed by atoms with Gasteiger partial charge in [-0.3, -0.25) is 19.8 Å². The molecule has 0 aromatic heterocycles. The van der Waals surface area contributed by atoms with Crippen LogP contribution in [0.25, 0.3) is 6.08 Å². The van der Waals surface area contributed by atoms with Crippen LogP contribution in [-0.2, 0) is 11.0 Å². The summed E-state index contributed by atoms with van der Waals surface area (Å²) in [7, 11) is 1.47. The summed E-state index contributed by atoms with van der Waals surface area (Å²) in [5.41, 5.74) is -1.24. The van der Waals surface area contributed by atoms with E-state index in [1.54, 1.807) is 36.4 Å². The first-order valence-electron chi connectivity index (χ1n) is 10.2. The third kappa shape index (κ3) is 5.63. The number of hydrogen-bond donors (Lipinski definition) is 0. The Bertz CT molecular complexity index is 1460. The van der Waals surface area contributed by atoms with Crippen molar-refractivity contribution in [1.29, 1.82) is 0 Å². The fourth-order valence-electron chi connectivity index (χ4n) is 3.40. The van der Waals surface area contributed by atoms with Gasteiger partial charge in [0, 0.05) is 16.1 Å². The van der Waals surface area contributed by atoms with Crippen molar-refractivity contribution in [3.8, 4) is 17.2 Å². The summed E-state index contributed by atoms with van der Waals surface area (Å²) < 4.78 is 51.1. The topological polar surface area (TPSA) is 81.9 Å². The molecule has 0 spiro atoms. The third-order valence-electron chi connectivity index (χ3n) is 5.08. The number of hydrogen-bond acceptors (Lipinski definition) is 7. The lowest BCUT2D eigenvalue weighted by Crippen LogP contribution is -2.27. The van der Waals surface area contributed by atoms with Gasteiger partial charge in [-0.2, -0.15) is 13.2 Å². The lowest BCUT2D eigenvalue weighted by atomic mass is 10.1. The number of amides is 1. The molecule has 37 heavy (non-hydrogen) atoms. The minimum atomic E-state index is -4.76. The molecule has 4 rings (SSSR count). The van der Waals surface area contributed by atoms with Crippen LogP contribution in [0.15, 0.2) is 70.0 Å². The van der Waals surface area contributed by atoms with Crippen molar-refractivity contribution in [2.75, 3.05) is 12.0 Å². The highest BCUT2D eigenvalue weighted by Crippen LogP contribution is 2.42. The largest absolute Gasteiger partial charge is 0.495 e. The van der Waals surface area contributed by atoms with E-state index in [0.717, 1.165) is 17.8 Å². The van der Waals surface area contributed by atoms with Crippen LogP contribution >= 0.6 is 39.9 Å². The smallest absolute Gasteiger partial charge is 0.416 e. The molecule has 190 valence electrons. The molecule has 1 saturated heterocycles. The first-order chi connectivity index (χ1) is 17.5. The average Bonchev–Trinajstić information content (AvgIpc) is 3.12. The maximum atomic E-state index is 13.3. The van der Waals surface area contributed by atoms with Gasteiger partial charge in [0.25, 0.3) is 5.91 Å². The summed E-state index contributed by atoms with van der Waals surface area (Å²) in [6.07, 6.45) is -3.27. The summed E-state index contributed by atoms with van der Waals surface area (Å²) in [4.78, 5) is 25.3. The highest BCUT2D eigenvalue weighted by atomic mass is 79.9. The Morgan fingerprint density at radius 1 is 1.08 bits per heavy atom. The monoisotopic (exact) mass is 610 g/mol. The van der Waals surface area contributed by atoms with Crippen molar-refractivity contribution in [1.82, 2.24) is 0 Å². The summed E-state index contributed by atoms with van der Waals surface area (Å²) in [6, 6.07) is 13.5. The Labute approximate surface area is 226 Å². The highest BCUT2D eigenvalue weighted by Gasteiger charge is 2.36. The second-order valence-corrected chi connectivity index (χ2v) is 10.0. The van der Waals surface area contributed by atoms with Gasteiger partial charge in [0.2, 0.25) is 5.75 Å². The molecule has 0 radical (unpaired) electrons. The molecule has 0 bridgehead atoms. The van der Waals surface area contributed by atoms with Crippen LogP contribution in [0.4, 0.5) is 24.5 Å². The van der Waals surface area contributed by atoms with Crippen molar-refractivity contribution in [3.63, 3.8) is 0 Å². The molecule has 1 amide bonds. The number of halogens is 4. The van der Waals surface area contributed by atoms with Crippen molar-refractivity contribution in [2.24, 2.45) is 0 Å². The van der Waals surface area contributed by atoms with E-state index in [1.807, 2.05) is 0 Å². The number of benzene rings is 3. The Morgan fingerprint density at radius 3 is 2.46 bits per heavy atom. The van der Waals surface area contributed by atoms with Gasteiger partial charge in [-0.15, -0.1) is 0 Å². The third-order valence-corrected chi connectivity index (χ3v) is 6.88. The van der Waals surface area contributed by atoms with Crippen LogP contribution in [-0.4, -0.2) is 22.3 Å². The van der Waals surface area contributed by atoms with E-state index in [1.165, 1.54) is 24.2 Å². The molecule has 0 atom stereocenters. The van der Waals surface area contributed by atoms with Crippen LogP contribution in [0.3, 0.4) is 0 Å². The molecular weight excluding hydrogens is 597 g/mol. The molecule has 3 aromatic rings. The fraction of sp³-hybridized carbons (Fsp3) is 0.0833. The molecule has 1 aliphatic heterocycles. The molecule has 1 heterocycles. The van der Waals surface area contributed by atoms with Crippen LogP contribution in [0, 0.1) is 10.1 Å². The average molecular weight is 611 g/mol. The summed E-state index contributed by atoms with van der Waals surface area (Å²) in [5, 5.41) is 11.5. The second-order valence-electron chi connectivity index (χ2n) is 7.41. The Hall–Kier alpha value is -3.42. The van der Waals surface area contributed by atoms with E-state index in [0.29, 0.717) is 33.6 Å². The maximum Gasteiger partial charge on any atom is 0.416 e. The van der Waals surface area contributed by atoms with Crippen molar-refractivity contribution >= 4 is 67.6 Å². The van der Waals surface area contributed by atoms with Gasteiger partial charge in [-0.1, -0.05) is 52.0 Å². The number of ether oxygens (including phenoxy) is 2. The Morgan fingerprint density at radius 2 is 1.78 bits per heavy atom. The van der Waals surface area contributed by atoms with Gasteiger partial charge >= 0.3 is 11.9 Å². The van der Waals surface area contributed by atoms with E-state index in [4.69, 9.17) is 21.7 Å². The van der Waals surface area contributed by atoms with E-state index >= 15 is 0 Å². The molecule has 0 unspecified atom stereocenters. The fourth-order valence-corrected chi connectivity index (χ4v) is 5.05. The molecule has 0 aliphatic carbocycles. The van der Waals surface area contributed by atoms with Gasteiger partial charge in [0.05, 0.1) is 28.2 Å². The predicted octanol–water partition coefficient (Wildman–Crippen LogP) is 7.58. The number of nitro benzene ring substituents is 1. The van der Waals surface area contributed by atoms with Gasteiger partial charge < -0.3 is 9.47 Å². The van der Waals surface area contributed by atoms with Gasteiger partial charge in [0.15, 0.2) is 4.32 Å². The standard InChI is InChI=1S/C24H14BrF3N2O5S2/c1-34-19-5-3-2-4-16(19)29-22(31)21(37-23(29)36)11-13-10-15(25)7-9-18(13)35-20-8-6-14(24(26,27)28)12-17(20)30(32)33/h2-12H,1H3/b21-11+. The summed E-state index contributed by atoms with van der Waals surface area (Å²) >= 11 is 9.78. The van der Waals surface area contributed by atoms with Crippen molar-refractivity contribution < 1.29 is 32.4 Å². The number of thiocarbonyl (C=S) groups is 1.